The van der Waals surface area contributed by atoms with Crippen LogP contribution < -0.4 is 5.32 Å². The highest BCUT2D eigenvalue weighted by molar-refractivity contribution is 5.98. The second kappa shape index (κ2) is 9.69. The van der Waals surface area contributed by atoms with Gasteiger partial charge in [-0.15, -0.1) is 0 Å². The van der Waals surface area contributed by atoms with Crippen LogP contribution in [0.15, 0.2) is 72.9 Å². The van der Waals surface area contributed by atoms with Crippen LogP contribution >= 0.6 is 0 Å². The van der Waals surface area contributed by atoms with Gasteiger partial charge in [-0.2, -0.15) is 0 Å². The van der Waals surface area contributed by atoms with Crippen LogP contribution in [0.5, 0.6) is 0 Å². The number of carbonyl (C=O) groups excluding carboxylic acids is 3. The minimum Gasteiger partial charge on any atom is -0.451 e. The quantitative estimate of drug-likeness (QED) is 0.461. The molecule has 0 aliphatic carbocycles. The highest BCUT2D eigenvalue weighted by Gasteiger charge is 2.19. The Hall–Kier alpha value is -3.67. The van der Waals surface area contributed by atoms with Crippen molar-refractivity contribution in [3.05, 3.63) is 95.3 Å². The number of rotatable bonds is 8. The number of aromatic nitrogens is 1. The summed E-state index contributed by atoms with van der Waals surface area (Å²) in [5.41, 5.74) is 2.69. The summed E-state index contributed by atoms with van der Waals surface area (Å²) in [5, 5.41) is 2.95. The van der Waals surface area contributed by atoms with Crippen molar-refractivity contribution in [3.8, 4) is 0 Å². The summed E-state index contributed by atoms with van der Waals surface area (Å²) in [5.74, 6) is -1.19. The normalized spacial score (nSPS) is 11.5. The summed E-state index contributed by atoms with van der Waals surface area (Å²) in [6, 6.07) is 20.7. The van der Waals surface area contributed by atoms with Gasteiger partial charge in [0.2, 0.25) is 0 Å². The Morgan fingerprint density at radius 2 is 1.63 bits per heavy atom. The molecule has 1 heterocycles. The lowest BCUT2D eigenvalue weighted by Gasteiger charge is -2.19. The van der Waals surface area contributed by atoms with Crippen molar-refractivity contribution in [2.75, 3.05) is 6.61 Å². The lowest BCUT2D eigenvalue weighted by molar-refractivity contribution is -0.125. The minimum atomic E-state index is -0.653. The predicted octanol–water partition coefficient (Wildman–Crippen LogP) is 3.48. The molecule has 3 rings (SSSR count). The van der Waals surface area contributed by atoms with Crippen LogP contribution in [-0.2, 0) is 23.0 Å². The molecular formula is C24H24N2O4. The standard InChI is InChI=1S/C24H24N2O4/c1-17(27)20-14-22(26(2)15-20)24(29)30-16-23(28)25-21(19-11-7-4-8-12-19)13-18-9-5-3-6-10-18/h3-12,14-15,21H,13,16H2,1-2H3,(H,25,28)/t21-/m0/s1. The Labute approximate surface area is 175 Å². The molecule has 3 aromatic rings. The first-order chi connectivity index (χ1) is 14.4. The Balaban J connectivity index is 1.64. The number of esters is 1. The Bertz CT molecular complexity index is 1030. The molecule has 0 aliphatic heterocycles. The van der Waals surface area contributed by atoms with Gasteiger partial charge in [-0.1, -0.05) is 60.7 Å². The van der Waals surface area contributed by atoms with Gasteiger partial charge < -0.3 is 14.6 Å². The molecule has 2 aromatic carbocycles. The number of ketones is 1. The molecule has 0 bridgehead atoms. The Kier molecular flexibility index (Phi) is 6.80. The maximum absolute atomic E-state index is 12.5. The fraction of sp³-hybridized carbons (Fsp3) is 0.208. The Morgan fingerprint density at radius 1 is 1.00 bits per heavy atom. The van der Waals surface area contributed by atoms with E-state index in [1.807, 2.05) is 60.7 Å². The van der Waals surface area contributed by atoms with Crippen molar-refractivity contribution in [1.29, 1.82) is 0 Å². The first-order valence-electron chi connectivity index (χ1n) is 9.66. The molecular weight excluding hydrogens is 380 g/mol. The second-order valence-corrected chi connectivity index (χ2v) is 7.08. The van der Waals surface area contributed by atoms with Gasteiger partial charge in [0, 0.05) is 18.8 Å². The maximum atomic E-state index is 12.5. The first kappa shape index (κ1) is 21.0. The van der Waals surface area contributed by atoms with Crippen molar-refractivity contribution >= 4 is 17.7 Å². The zero-order valence-electron chi connectivity index (χ0n) is 17.0. The van der Waals surface area contributed by atoms with Crippen LogP contribution in [0.1, 0.15) is 44.9 Å². The zero-order chi connectivity index (χ0) is 21.5. The molecule has 0 radical (unpaired) electrons. The topological polar surface area (TPSA) is 77.4 Å². The molecule has 30 heavy (non-hydrogen) atoms. The smallest absolute Gasteiger partial charge is 0.355 e. The summed E-state index contributed by atoms with van der Waals surface area (Å²) in [7, 11) is 1.65. The number of nitrogens with zero attached hydrogens (tertiary/aromatic N) is 1. The highest BCUT2D eigenvalue weighted by Crippen LogP contribution is 2.18. The van der Waals surface area contributed by atoms with E-state index >= 15 is 0 Å². The van der Waals surface area contributed by atoms with Crippen LogP contribution in [0.2, 0.25) is 0 Å². The van der Waals surface area contributed by atoms with Crippen molar-refractivity contribution in [1.82, 2.24) is 9.88 Å². The highest BCUT2D eigenvalue weighted by atomic mass is 16.5. The monoisotopic (exact) mass is 404 g/mol. The number of Topliss-reactive ketones (excluding diaryl/α,β-unsaturated/α-hetero) is 1. The van der Waals surface area contributed by atoms with Crippen molar-refractivity contribution < 1.29 is 19.1 Å². The van der Waals surface area contributed by atoms with Crippen molar-refractivity contribution in [3.63, 3.8) is 0 Å². The maximum Gasteiger partial charge on any atom is 0.355 e. The van der Waals surface area contributed by atoms with Gasteiger partial charge >= 0.3 is 5.97 Å². The third kappa shape index (κ3) is 5.44. The molecule has 1 amide bonds. The van der Waals surface area contributed by atoms with E-state index in [4.69, 9.17) is 4.74 Å². The van der Waals surface area contributed by atoms with Gasteiger partial charge in [0.05, 0.1) is 6.04 Å². The van der Waals surface area contributed by atoms with E-state index < -0.39 is 18.5 Å². The number of hydrogen-bond acceptors (Lipinski definition) is 4. The Morgan fingerprint density at radius 3 is 2.23 bits per heavy atom. The van der Waals surface area contributed by atoms with Gasteiger partial charge in [-0.25, -0.2) is 4.79 Å². The van der Waals surface area contributed by atoms with Crippen LogP contribution in [0.4, 0.5) is 0 Å². The summed E-state index contributed by atoms with van der Waals surface area (Å²) in [6.45, 7) is 1.02. The molecule has 1 N–H and O–H groups in total. The molecule has 0 aliphatic rings. The second-order valence-electron chi connectivity index (χ2n) is 7.08. The number of hydrogen-bond donors (Lipinski definition) is 1. The van der Waals surface area contributed by atoms with Crippen LogP contribution in [0.3, 0.4) is 0 Å². The van der Waals surface area contributed by atoms with E-state index in [0.717, 1.165) is 11.1 Å². The number of nitrogens with one attached hydrogen (secondary N) is 1. The molecule has 6 heteroatoms. The molecule has 0 fully saturated rings. The molecule has 0 spiro atoms. The van der Waals surface area contributed by atoms with Gasteiger partial charge in [0.15, 0.2) is 12.4 Å². The number of carbonyl (C=O) groups is 3. The number of ether oxygens (including phenoxy) is 1. The van der Waals surface area contributed by atoms with E-state index in [1.54, 1.807) is 13.2 Å². The average molecular weight is 404 g/mol. The molecule has 1 atom stereocenters. The molecule has 6 nitrogen and oxygen atoms in total. The predicted molar refractivity (Wildman–Crippen MR) is 113 cm³/mol. The fourth-order valence-electron chi connectivity index (χ4n) is 3.19. The van der Waals surface area contributed by atoms with E-state index in [9.17, 15) is 14.4 Å². The van der Waals surface area contributed by atoms with Crippen molar-refractivity contribution in [2.24, 2.45) is 7.05 Å². The number of benzene rings is 2. The van der Waals surface area contributed by atoms with Crippen molar-refractivity contribution in [2.45, 2.75) is 19.4 Å². The zero-order valence-corrected chi connectivity index (χ0v) is 17.0. The summed E-state index contributed by atoms with van der Waals surface area (Å²) in [6.07, 6.45) is 2.18. The van der Waals surface area contributed by atoms with Gasteiger partial charge in [-0.05, 0) is 30.5 Å². The van der Waals surface area contributed by atoms with Crippen LogP contribution in [0, 0.1) is 0 Å². The molecule has 0 saturated carbocycles. The van der Waals surface area contributed by atoms with Gasteiger partial charge in [-0.3, -0.25) is 9.59 Å². The van der Waals surface area contributed by atoms with Crippen LogP contribution in [-0.4, -0.2) is 28.8 Å². The molecule has 154 valence electrons. The fourth-order valence-corrected chi connectivity index (χ4v) is 3.19. The minimum absolute atomic E-state index is 0.144. The molecule has 0 unspecified atom stereocenters. The van der Waals surface area contributed by atoms with E-state index in [2.05, 4.69) is 5.32 Å². The van der Waals surface area contributed by atoms with E-state index in [-0.39, 0.29) is 17.5 Å². The van der Waals surface area contributed by atoms with E-state index in [1.165, 1.54) is 17.6 Å². The summed E-state index contributed by atoms with van der Waals surface area (Å²) < 4.78 is 6.68. The molecule has 0 saturated heterocycles. The average Bonchev–Trinajstić information content (AvgIpc) is 3.15. The van der Waals surface area contributed by atoms with Gasteiger partial charge in [0.25, 0.3) is 5.91 Å². The third-order valence-electron chi connectivity index (χ3n) is 4.77. The largest absolute Gasteiger partial charge is 0.451 e. The third-order valence-corrected chi connectivity index (χ3v) is 4.77. The summed E-state index contributed by atoms with van der Waals surface area (Å²) >= 11 is 0. The lowest BCUT2D eigenvalue weighted by Crippen LogP contribution is -2.33. The first-order valence-corrected chi connectivity index (χ1v) is 9.66. The lowest BCUT2D eigenvalue weighted by atomic mass is 9.99. The molecule has 1 aromatic heterocycles. The van der Waals surface area contributed by atoms with Gasteiger partial charge in [0.1, 0.15) is 5.69 Å². The van der Waals surface area contributed by atoms with E-state index in [0.29, 0.717) is 12.0 Å². The number of aryl methyl sites for hydroxylation is 1. The number of amides is 1. The summed E-state index contributed by atoms with van der Waals surface area (Å²) in [4.78, 5) is 36.3. The van der Waals surface area contributed by atoms with Crippen LogP contribution in [0.25, 0.3) is 0 Å². The SMILES string of the molecule is CC(=O)c1cc(C(=O)OCC(=O)N[C@@H](Cc2ccccc2)c2ccccc2)n(C)c1.